The van der Waals surface area contributed by atoms with Gasteiger partial charge in [0.05, 0.1) is 0 Å². The maximum atomic E-state index is 12.7. The number of halogens is 1. The number of nitrogens with one attached hydrogen (secondary N) is 3. The van der Waals surface area contributed by atoms with Crippen LogP contribution in [0, 0.1) is 17.3 Å². The second kappa shape index (κ2) is 6.55. The zero-order chi connectivity index (χ0) is 18.4. The number of carbonyl (C=O) groups is 2. The van der Waals surface area contributed by atoms with Gasteiger partial charge in [0, 0.05) is 29.2 Å². The van der Waals surface area contributed by atoms with Crippen LogP contribution >= 0.6 is 15.9 Å². The lowest BCUT2D eigenvalue weighted by Crippen LogP contribution is -2.53. The molecule has 4 bridgehead atoms. The van der Waals surface area contributed by atoms with E-state index in [1.54, 1.807) is 19.2 Å². The quantitative estimate of drug-likeness (QED) is 0.628. The molecule has 4 fully saturated rings. The lowest BCUT2D eigenvalue weighted by molar-refractivity contribution is -0.123. The van der Waals surface area contributed by atoms with E-state index >= 15 is 0 Å². The molecule has 2 unspecified atom stereocenters. The highest BCUT2D eigenvalue weighted by Gasteiger charge is 2.57. The lowest BCUT2D eigenvalue weighted by Gasteiger charge is -2.60. The van der Waals surface area contributed by atoms with Crippen LogP contribution in [0.3, 0.4) is 0 Å². The highest BCUT2D eigenvalue weighted by atomic mass is 79.9. The van der Waals surface area contributed by atoms with Crippen molar-refractivity contribution in [1.82, 2.24) is 5.32 Å². The van der Waals surface area contributed by atoms with Crippen LogP contribution in [0.4, 0.5) is 16.2 Å². The molecule has 0 aliphatic heterocycles. The third-order valence-corrected chi connectivity index (χ3v) is 7.23. The van der Waals surface area contributed by atoms with Crippen molar-refractivity contribution in [3.05, 3.63) is 24.3 Å². The minimum Gasteiger partial charge on any atom is -0.341 e. The standard InChI is InChI=1S/C20H26BrN3O2/c1-22-18(26)24-16-4-2-15(3-5-16)23-17(25)11-19-7-13-6-14(8-19)10-20(21,9-13)12-19/h2-5,13-14H,6-12H2,1H3,(H,23,25)(H2,22,24,26). The maximum absolute atomic E-state index is 12.7. The van der Waals surface area contributed by atoms with Crippen molar-refractivity contribution in [2.45, 2.75) is 49.3 Å². The number of hydrogen-bond donors (Lipinski definition) is 3. The first kappa shape index (κ1) is 17.8. The molecule has 1 aromatic rings. The first-order chi connectivity index (χ1) is 12.4. The predicted octanol–water partition coefficient (Wildman–Crippen LogP) is 4.50. The SMILES string of the molecule is CNC(=O)Nc1ccc(NC(=O)CC23CC4CC(CC(Br)(C4)C2)C3)cc1. The Morgan fingerprint density at radius 3 is 2.15 bits per heavy atom. The number of amides is 3. The van der Waals surface area contributed by atoms with Crippen molar-refractivity contribution in [2.24, 2.45) is 17.3 Å². The Bertz CT molecular complexity index is 704. The fourth-order valence-corrected chi connectivity index (χ4v) is 7.43. The second-order valence-electron chi connectivity index (χ2n) is 8.62. The van der Waals surface area contributed by atoms with Gasteiger partial charge in [0.15, 0.2) is 0 Å². The molecule has 4 saturated carbocycles. The summed E-state index contributed by atoms with van der Waals surface area (Å²) in [4.78, 5) is 24.0. The van der Waals surface area contributed by atoms with E-state index in [1.807, 2.05) is 12.1 Å². The third-order valence-electron chi connectivity index (χ3n) is 6.30. The van der Waals surface area contributed by atoms with E-state index in [0.29, 0.717) is 12.1 Å². The summed E-state index contributed by atoms with van der Waals surface area (Å²) in [7, 11) is 1.57. The molecule has 1 aromatic carbocycles. The normalized spacial score (nSPS) is 34.4. The number of carbonyl (C=O) groups excluding carboxylic acids is 2. The van der Waals surface area contributed by atoms with Gasteiger partial charge >= 0.3 is 6.03 Å². The molecule has 0 aromatic heterocycles. The van der Waals surface area contributed by atoms with Gasteiger partial charge in [-0.05, 0) is 80.0 Å². The van der Waals surface area contributed by atoms with Crippen LogP contribution in [-0.2, 0) is 4.79 Å². The number of hydrogen-bond acceptors (Lipinski definition) is 2. The van der Waals surface area contributed by atoms with E-state index in [1.165, 1.54) is 32.1 Å². The van der Waals surface area contributed by atoms with Crippen LogP contribution in [0.1, 0.15) is 44.9 Å². The summed E-state index contributed by atoms with van der Waals surface area (Å²) in [6.45, 7) is 0. The second-order valence-corrected chi connectivity index (χ2v) is 10.3. The molecule has 6 heteroatoms. The average molecular weight is 420 g/mol. The maximum Gasteiger partial charge on any atom is 0.318 e. The average Bonchev–Trinajstić information content (AvgIpc) is 2.53. The van der Waals surface area contributed by atoms with E-state index in [2.05, 4.69) is 31.9 Å². The Morgan fingerprint density at radius 1 is 1.04 bits per heavy atom. The summed E-state index contributed by atoms with van der Waals surface area (Å²) in [5.41, 5.74) is 1.65. The van der Waals surface area contributed by atoms with Crippen LogP contribution in [0.25, 0.3) is 0 Å². The van der Waals surface area contributed by atoms with Gasteiger partial charge in [-0.2, -0.15) is 0 Å². The molecular formula is C20H26BrN3O2. The van der Waals surface area contributed by atoms with Crippen molar-refractivity contribution in [2.75, 3.05) is 17.7 Å². The molecule has 3 N–H and O–H groups in total. The number of urea groups is 1. The van der Waals surface area contributed by atoms with E-state index in [0.717, 1.165) is 23.9 Å². The Balaban J connectivity index is 1.38. The Kier molecular flexibility index (Phi) is 4.49. The fraction of sp³-hybridized carbons (Fsp3) is 0.600. The summed E-state index contributed by atoms with van der Waals surface area (Å²) in [6.07, 6.45) is 8.09. The molecule has 2 atom stereocenters. The Labute approximate surface area is 162 Å². The molecule has 0 radical (unpaired) electrons. The van der Waals surface area contributed by atoms with Gasteiger partial charge < -0.3 is 16.0 Å². The highest BCUT2D eigenvalue weighted by molar-refractivity contribution is 9.10. The molecule has 5 nitrogen and oxygen atoms in total. The molecule has 140 valence electrons. The molecule has 0 spiro atoms. The summed E-state index contributed by atoms with van der Waals surface area (Å²) in [6, 6.07) is 6.99. The van der Waals surface area contributed by atoms with Gasteiger partial charge in [0.25, 0.3) is 0 Å². The zero-order valence-corrected chi connectivity index (χ0v) is 16.7. The molecule has 3 amide bonds. The van der Waals surface area contributed by atoms with Crippen molar-refractivity contribution >= 4 is 39.2 Å². The number of benzene rings is 1. The van der Waals surface area contributed by atoms with Crippen molar-refractivity contribution < 1.29 is 9.59 Å². The fourth-order valence-electron chi connectivity index (χ4n) is 5.92. The summed E-state index contributed by atoms with van der Waals surface area (Å²) in [5.74, 6) is 1.69. The number of anilines is 2. The summed E-state index contributed by atoms with van der Waals surface area (Å²) < 4.78 is 0.282. The molecule has 4 aliphatic carbocycles. The minimum atomic E-state index is -0.257. The van der Waals surface area contributed by atoms with Crippen molar-refractivity contribution in [1.29, 1.82) is 0 Å². The smallest absolute Gasteiger partial charge is 0.318 e. The van der Waals surface area contributed by atoms with E-state index in [-0.39, 0.29) is 21.7 Å². The van der Waals surface area contributed by atoms with Gasteiger partial charge in [0.1, 0.15) is 0 Å². The van der Waals surface area contributed by atoms with E-state index in [9.17, 15) is 9.59 Å². The van der Waals surface area contributed by atoms with Crippen LogP contribution < -0.4 is 16.0 Å². The Morgan fingerprint density at radius 2 is 1.62 bits per heavy atom. The minimum absolute atomic E-state index is 0.107. The molecule has 0 saturated heterocycles. The van der Waals surface area contributed by atoms with Crippen LogP contribution in [0.5, 0.6) is 0 Å². The molecular weight excluding hydrogens is 394 g/mol. The molecule has 26 heavy (non-hydrogen) atoms. The molecule has 0 heterocycles. The van der Waals surface area contributed by atoms with Crippen molar-refractivity contribution in [3.63, 3.8) is 0 Å². The number of rotatable bonds is 4. The predicted molar refractivity (Wildman–Crippen MR) is 107 cm³/mol. The van der Waals surface area contributed by atoms with Gasteiger partial charge in [-0.1, -0.05) is 15.9 Å². The summed E-state index contributed by atoms with van der Waals surface area (Å²) in [5, 5.41) is 8.26. The first-order valence-corrected chi connectivity index (χ1v) is 10.2. The monoisotopic (exact) mass is 419 g/mol. The van der Waals surface area contributed by atoms with E-state index < -0.39 is 0 Å². The van der Waals surface area contributed by atoms with Crippen LogP contribution in [-0.4, -0.2) is 23.3 Å². The van der Waals surface area contributed by atoms with E-state index in [4.69, 9.17) is 0 Å². The topological polar surface area (TPSA) is 70.2 Å². The number of alkyl halides is 1. The van der Waals surface area contributed by atoms with Gasteiger partial charge in [-0.3, -0.25) is 4.79 Å². The van der Waals surface area contributed by atoms with Crippen LogP contribution in [0.15, 0.2) is 24.3 Å². The summed E-state index contributed by atoms with van der Waals surface area (Å²) >= 11 is 4.01. The highest BCUT2D eigenvalue weighted by Crippen LogP contribution is 2.65. The first-order valence-electron chi connectivity index (χ1n) is 9.45. The van der Waals surface area contributed by atoms with Gasteiger partial charge in [0.2, 0.25) is 5.91 Å². The van der Waals surface area contributed by atoms with Crippen LogP contribution in [0.2, 0.25) is 0 Å². The largest absolute Gasteiger partial charge is 0.341 e. The van der Waals surface area contributed by atoms with Gasteiger partial charge in [-0.25, -0.2) is 4.79 Å². The zero-order valence-electron chi connectivity index (χ0n) is 15.1. The molecule has 4 aliphatic rings. The lowest BCUT2D eigenvalue weighted by atomic mass is 9.48. The van der Waals surface area contributed by atoms with Crippen molar-refractivity contribution in [3.8, 4) is 0 Å². The molecule has 5 rings (SSSR count). The Hall–Kier alpha value is -1.56. The van der Waals surface area contributed by atoms with Gasteiger partial charge in [-0.15, -0.1) is 0 Å². The third kappa shape index (κ3) is 3.61.